The Morgan fingerprint density at radius 3 is 2.54 bits per heavy atom. The SMILES string of the molecule is CC(Cc1ccc2c(c1)OCO2)CN1CCC2(CC1)C(=O)N(CCCc1ccncc1)C(=O)N2C. The van der Waals surface area contributed by atoms with Crippen molar-refractivity contribution in [2.24, 2.45) is 5.92 Å². The number of rotatable bonds is 8. The Kier molecular flexibility index (Phi) is 6.65. The quantitative estimate of drug-likeness (QED) is 0.542. The molecule has 0 bridgehead atoms. The molecule has 2 aromatic rings. The molecule has 8 heteroatoms. The van der Waals surface area contributed by atoms with Gasteiger partial charge in [0.2, 0.25) is 6.79 Å². The van der Waals surface area contributed by atoms with Gasteiger partial charge < -0.3 is 19.3 Å². The van der Waals surface area contributed by atoms with Crippen LogP contribution >= 0.6 is 0 Å². The Labute approximate surface area is 206 Å². The number of carbonyl (C=O) groups is 2. The van der Waals surface area contributed by atoms with Gasteiger partial charge in [-0.05, 0) is 73.4 Å². The van der Waals surface area contributed by atoms with Crippen molar-refractivity contribution in [3.05, 3.63) is 53.9 Å². The third-order valence-electron chi connectivity index (χ3n) is 7.67. The molecule has 0 aliphatic carbocycles. The zero-order chi connectivity index (χ0) is 24.4. The van der Waals surface area contributed by atoms with E-state index in [4.69, 9.17) is 9.47 Å². The number of likely N-dealkylation sites (tertiary alicyclic amines) is 1. The number of likely N-dealkylation sites (N-methyl/N-ethyl adjacent to an activating group) is 1. The van der Waals surface area contributed by atoms with E-state index in [1.54, 1.807) is 24.3 Å². The average molecular weight is 479 g/mol. The number of imide groups is 1. The van der Waals surface area contributed by atoms with E-state index in [2.05, 4.69) is 28.9 Å². The van der Waals surface area contributed by atoms with E-state index in [1.807, 2.05) is 18.2 Å². The molecule has 35 heavy (non-hydrogen) atoms. The van der Waals surface area contributed by atoms with Gasteiger partial charge in [0.1, 0.15) is 5.54 Å². The molecule has 8 nitrogen and oxygen atoms in total. The number of aryl methyl sites for hydroxylation is 1. The first kappa shape index (κ1) is 23.6. The maximum Gasteiger partial charge on any atom is 0.327 e. The van der Waals surface area contributed by atoms with E-state index >= 15 is 0 Å². The molecule has 0 saturated carbocycles. The number of carbonyl (C=O) groups excluding carboxylic acids is 2. The Hall–Kier alpha value is -3.13. The topological polar surface area (TPSA) is 75.2 Å². The molecule has 1 aromatic carbocycles. The number of benzene rings is 1. The van der Waals surface area contributed by atoms with Crippen LogP contribution in [0.5, 0.6) is 11.5 Å². The monoisotopic (exact) mass is 478 g/mol. The molecule has 2 fully saturated rings. The highest BCUT2D eigenvalue weighted by atomic mass is 16.7. The maximum atomic E-state index is 13.4. The second-order valence-corrected chi connectivity index (χ2v) is 10.1. The van der Waals surface area contributed by atoms with Gasteiger partial charge in [-0.3, -0.25) is 14.7 Å². The van der Waals surface area contributed by atoms with Crippen LogP contribution < -0.4 is 9.47 Å². The first-order valence-electron chi connectivity index (χ1n) is 12.6. The highest BCUT2D eigenvalue weighted by molar-refractivity contribution is 6.07. The minimum atomic E-state index is -0.690. The highest BCUT2D eigenvalue weighted by Crippen LogP contribution is 2.37. The normalized spacial score (nSPS) is 20.2. The summed E-state index contributed by atoms with van der Waals surface area (Å²) in [5.74, 6) is 2.09. The van der Waals surface area contributed by atoms with Crippen LogP contribution in [0.1, 0.15) is 37.3 Å². The van der Waals surface area contributed by atoms with Crippen molar-refractivity contribution in [3.63, 3.8) is 0 Å². The summed E-state index contributed by atoms with van der Waals surface area (Å²) in [5.41, 5.74) is 1.73. The second-order valence-electron chi connectivity index (χ2n) is 10.1. The molecule has 1 spiro atoms. The number of amides is 3. The number of nitrogens with zero attached hydrogens (tertiary/aromatic N) is 4. The van der Waals surface area contributed by atoms with Crippen molar-refractivity contribution in [1.82, 2.24) is 19.7 Å². The van der Waals surface area contributed by atoms with Crippen LogP contribution in [0.3, 0.4) is 0 Å². The lowest BCUT2D eigenvalue weighted by molar-refractivity contribution is -0.135. The Bertz CT molecular complexity index is 1070. The van der Waals surface area contributed by atoms with E-state index in [0.29, 0.717) is 32.1 Å². The van der Waals surface area contributed by atoms with E-state index in [9.17, 15) is 9.59 Å². The molecule has 4 heterocycles. The molecule has 1 unspecified atom stereocenters. The standard InChI is InChI=1S/C27H34N4O4/c1-20(16-22-5-6-23-24(17-22)35-19-34-23)18-30-14-9-27(10-15-30)25(32)31(26(33)29(27)2)13-3-4-21-7-11-28-12-8-21/h5-8,11-12,17,20H,3-4,9-10,13-16,18-19H2,1-2H3. The molecule has 186 valence electrons. The Balaban J connectivity index is 1.13. The predicted molar refractivity (Wildman–Crippen MR) is 131 cm³/mol. The van der Waals surface area contributed by atoms with Gasteiger partial charge in [0.25, 0.3) is 5.91 Å². The average Bonchev–Trinajstić information content (AvgIpc) is 3.40. The molecule has 2 saturated heterocycles. The van der Waals surface area contributed by atoms with Gasteiger partial charge in [0, 0.05) is 45.6 Å². The smallest absolute Gasteiger partial charge is 0.327 e. The van der Waals surface area contributed by atoms with Crippen LogP contribution in [0, 0.1) is 5.92 Å². The third kappa shape index (κ3) is 4.72. The van der Waals surface area contributed by atoms with Gasteiger partial charge in [-0.2, -0.15) is 0 Å². The number of piperidine rings is 1. The molecule has 5 rings (SSSR count). The summed E-state index contributed by atoms with van der Waals surface area (Å²) in [4.78, 5) is 36.0. The van der Waals surface area contributed by atoms with Crippen LogP contribution in [0.4, 0.5) is 4.79 Å². The summed E-state index contributed by atoms with van der Waals surface area (Å²) in [6, 6.07) is 9.96. The van der Waals surface area contributed by atoms with Crippen molar-refractivity contribution in [2.45, 2.75) is 44.6 Å². The molecule has 1 atom stereocenters. The molecular weight excluding hydrogens is 444 g/mol. The highest BCUT2D eigenvalue weighted by Gasteiger charge is 2.56. The molecular formula is C27H34N4O4. The van der Waals surface area contributed by atoms with Crippen molar-refractivity contribution >= 4 is 11.9 Å². The minimum Gasteiger partial charge on any atom is -0.454 e. The van der Waals surface area contributed by atoms with E-state index in [-0.39, 0.29) is 11.9 Å². The van der Waals surface area contributed by atoms with Crippen LogP contribution in [0.15, 0.2) is 42.7 Å². The van der Waals surface area contributed by atoms with Crippen LogP contribution in [-0.2, 0) is 17.6 Å². The van der Waals surface area contributed by atoms with Gasteiger partial charge in [0.15, 0.2) is 11.5 Å². The lowest BCUT2D eigenvalue weighted by Crippen LogP contribution is -2.55. The molecule has 1 aromatic heterocycles. The number of ether oxygens (including phenoxy) is 2. The summed E-state index contributed by atoms with van der Waals surface area (Å²) in [7, 11) is 1.79. The second kappa shape index (κ2) is 9.85. The van der Waals surface area contributed by atoms with Crippen molar-refractivity contribution in [2.75, 3.05) is 40.0 Å². The van der Waals surface area contributed by atoms with E-state index < -0.39 is 5.54 Å². The van der Waals surface area contributed by atoms with E-state index in [1.165, 1.54) is 16.0 Å². The lowest BCUT2D eigenvalue weighted by atomic mass is 9.85. The van der Waals surface area contributed by atoms with Gasteiger partial charge in [-0.1, -0.05) is 13.0 Å². The number of pyridine rings is 1. The largest absolute Gasteiger partial charge is 0.454 e. The zero-order valence-electron chi connectivity index (χ0n) is 20.6. The first-order chi connectivity index (χ1) is 17.0. The molecule has 3 aliphatic rings. The molecule has 3 aliphatic heterocycles. The van der Waals surface area contributed by atoms with Gasteiger partial charge in [-0.15, -0.1) is 0 Å². The summed E-state index contributed by atoms with van der Waals surface area (Å²) >= 11 is 0. The summed E-state index contributed by atoms with van der Waals surface area (Å²) < 4.78 is 10.9. The van der Waals surface area contributed by atoms with Crippen LogP contribution in [0.2, 0.25) is 0 Å². The predicted octanol–water partition coefficient (Wildman–Crippen LogP) is 3.35. The molecule has 3 amide bonds. The zero-order valence-corrected chi connectivity index (χ0v) is 20.6. The van der Waals surface area contributed by atoms with Crippen molar-refractivity contribution < 1.29 is 19.1 Å². The Morgan fingerprint density at radius 1 is 1.03 bits per heavy atom. The third-order valence-corrected chi connectivity index (χ3v) is 7.67. The van der Waals surface area contributed by atoms with Crippen LogP contribution in [-0.4, -0.2) is 77.2 Å². The Morgan fingerprint density at radius 2 is 1.77 bits per heavy atom. The fourth-order valence-electron chi connectivity index (χ4n) is 5.66. The number of aromatic nitrogens is 1. The number of fused-ring (bicyclic) bond motifs is 1. The summed E-state index contributed by atoms with van der Waals surface area (Å²) in [6.07, 6.45) is 7.46. The maximum absolute atomic E-state index is 13.4. The van der Waals surface area contributed by atoms with E-state index in [0.717, 1.165) is 50.4 Å². The number of urea groups is 1. The lowest BCUT2D eigenvalue weighted by Gasteiger charge is -2.41. The number of hydrogen-bond donors (Lipinski definition) is 0. The van der Waals surface area contributed by atoms with Gasteiger partial charge in [-0.25, -0.2) is 4.79 Å². The summed E-state index contributed by atoms with van der Waals surface area (Å²) in [5, 5.41) is 0. The fraction of sp³-hybridized carbons (Fsp3) is 0.519. The van der Waals surface area contributed by atoms with Crippen molar-refractivity contribution in [1.29, 1.82) is 0 Å². The van der Waals surface area contributed by atoms with Crippen LogP contribution in [0.25, 0.3) is 0 Å². The fourth-order valence-corrected chi connectivity index (χ4v) is 5.66. The van der Waals surface area contributed by atoms with Crippen molar-refractivity contribution in [3.8, 4) is 11.5 Å². The number of hydrogen-bond acceptors (Lipinski definition) is 6. The van der Waals surface area contributed by atoms with Gasteiger partial charge >= 0.3 is 6.03 Å². The molecule has 0 N–H and O–H groups in total. The minimum absolute atomic E-state index is 0.0206. The first-order valence-corrected chi connectivity index (χ1v) is 12.6. The summed E-state index contributed by atoms with van der Waals surface area (Å²) in [6.45, 7) is 5.62. The molecule has 0 radical (unpaired) electrons. The van der Waals surface area contributed by atoms with Gasteiger partial charge in [0.05, 0.1) is 0 Å².